The molecular formula is C18H17BrN4O. The Kier molecular flexibility index (Phi) is 3.98. The van der Waals surface area contributed by atoms with Gasteiger partial charge >= 0.3 is 0 Å². The highest BCUT2D eigenvalue weighted by Gasteiger charge is 2.15. The molecule has 2 N–H and O–H groups in total. The van der Waals surface area contributed by atoms with E-state index >= 15 is 0 Å². The first-order chi connectivity index (χ1) is 11.7. The number of fused-ring (bicyclic) bond motifs is 1. The second-order valence-corrected chi connectivity index (χ2v) is 6.86. The minimum atomic E-state index is -0.143. The fourth-order valence-electron chi connectivity index (χ4n) is 3.07. The summed E-state index contributed by atoms with van der Waals surface area (Å²) in [6, 6.07) is 9.70. The Morgan fingerprint density at radius 1 is 1.21 bits per heavy atom. The molecule has 1 aliphatic rings. The number of nitrogens with zero attached hydrogens (tertiary/aromatic N) is 2. The van der Waals surface area contributed by atoms with Crippen molar-refractivity contribution in [1.82, 2.24) is 9.97 Å². The highest BCUT2D eigenvalue weighted by atomic mass is 79.9. The SMILES string of the molecule is O=C(Nc1ccc(N2CCCC2)nc1)c1c[nH]c2ccc(Br)cc12. The maximum Gasteiger partial charge on any atom is 0.257 e. The Morgan fingerprint density at radius 2 is 2.04 bits per heavy atom. The maximum absolute atomic E-state index is 12.6. The Balaban J connectivity index is 1.53. The number of benzene rings is 1. The summed E-state index contributed by atoms with van der Waals surface area (Å²) in [4.78, 5) is 22.4. The van der Waals surface area contributed by atoms with Crippen molar-refractivity contribution < 1.29 is 4.79 Å². The second kappa shape index (κ2) is 6.28. The van der Waals surface area contributed by atoms with Crippen LogP contribution in [-0.4, -0.2) is 29.0 Å². The number of aromatic amines is 1. The van der Waals surface area contributed by atoms with E-state index in [1.165, 1.54) is 12.8 Å². The summed E-state index contributed by atoms with van der Waals surface area (Å²) in [7, 11) is 0. The van der Waals surface area contributed by atoms with Gasteiger partial charge in [-0.25, -0.2) is 4.98 Å². The van der Waals surface area contributed by atoms with Crippen molar-refractivity contribution >= 4 is 44.2 Å². The van der Waals surface area contributed by atoms with Crippen molar-refractivity contribution in [2.45, 2.75) is 12.8 Å². The molecule has 3 aromatic rings. The zero-order valence-electron chi connectivity index (χ0n) is 13.1. The number of hydrogen-bond acceptors (Lipinski definition) is 3. The summed E-state index contributed by atoms with van der Waals surface area (Å²) in [5, 5.41) is 3.81. The summed E-state index contributed by atoms with van der Waals surface area (Å²) >= 11 is 3.45. The van der Waals surface area contributed by atoms with Crippen molar-refractivity contribution in [3.63, 3.8) is 0 Å². The predicted octanol–water partition coefficient (Wildman–Crippen LogP) is 4.18. The van der Waals surface area contributed by atoms with Crippen LogP contribution in [0.1, 0.15) is 23.2 Å². The molecule has 0 spiro atoms. The van der Waals surface area contributed by atoms with Crippen LogP contribution in [0.2, 0.25) is 0 Å². The number of H-pyrrole nitrogens is 1. The number of anilines is 2. The van der Waals surface area contributed by atoms with E-state index in [9.17, 15) is 4.79 Å². The van der Waals surface area contributed by atoms with Crippen LogP contribution < -0.4 is 10.2 Å². The van der Waals surface area contributed by atoms with Gasteiger partial charge in [-0.2, -0.15) is 0 Å². The van der Waals surface area contributed by atoms with Gasteiger partial charge in [-0.15, -0.1) is 0 Å². The predicted molar refractivity (Wildman–Crippen MR) is 99.6 cm³/mol. The quantitative estimate of drug-likeness (QED) is 0.711. The van der Waals surface area contributed by atoms with Crippen LogP contribution in [0.5, 0.6) is 0 Å². The number of hydrogen-bond donors (Lipinski definition) is 2. The van der Waals surface area contributed by atoms with Crippen molar-refractivity contribution in [1.29, 1.82) is 0 Å². The van der Waals surface area contributed by atoms with E-state index < -0.39 is 0 Å². The number of carbonyl (C=O) groups is 1. The van der Waals surface area contributed by atoms with E-state index in [1.54, 1.807) is 12.4 Å². The highest BCUT2D eigenvalue weighted by Crippen LogP contribution is 2.24. The van der Waals surface area contributed by atoms with E-state index in [-0.39, 0.29) is 5.91 Å². The molecule has 0 aliphatic carbocycles. The Morgan fingerprint density at radius 3 is 2.79 bits per heavy atom. The lowest BCUT2D eigenvalue weighted by Gasteiger charge is -2.16. The Labute approximate surface area is 148 Å². The smallest absolute Gasteiger partial charge is 0.257 e. The molecule has 0 unspecified atom stereocenters. The second-order valence-electron chi connectivity index (χ2n) is 5.95. The van der Waals surface area contributed by atoms with E-state index in [1.807, 2.05) is 30.3 Å². The highest BCUT2D eigenvalue weighted by molar-refractivity contribution is 9.10. The molecular weight excluding hydrogens is 368 g/mol. The van der Waals surface area contributed by atoms with Gasteiger partial charge < -0.3 is 15.2 Å². The minimum Gasteiger partial charge on any atom is -0.360 e. The topological polar surface area (TPSA) is 61.0 Å². The molecule has 122 valence electrons. The fraction of sp³-hybridized carbons (Fsp3) is 0.222. The molecule has 0 atom stereocenters. The summed E-state index contributed by atoms with van der Waals surface area (Å²) in [5.74, 6) is 0.830. The number of carbonyl (C=O) groups excluding carboxylic acids is 1. The largest absolute Gasteiger partial charge is 0.360 e. The van der Waals surface area contributed by atoms with E-state index in [4.69, 9.17) is 0 Å². The third-order valence-corrected chi connectivity index (χ3v) is 4.82. The molecule has 1 saturated heterocycles. The molecule has 2 aromatic heterocycles. The Bertz CT molecular complexity index is 882. The van der Waals surface area contributed by atoms with Crippen LogP contribution in [0, 0.1) is 0 Å². The van der Waals surface area contributed by atoms with Gasteiger partial charge in [0.1, 0.15) is 5.82 Å². The van der Waals surface area contributed by atoms with Gasteiger partial charge in [0.2, 0.25) is 0 Å². The summed E-state index contributed by atoms with van der Waals surface area (Å²) in [6.45, 7) is 2.12. The van der Waals surface area contributed by atoms with E-state index in [0.717, 1.165) is 34.3 Å². The van der Waals surface area contributed by atoms with Gasteiger partial charge in [0.15, 0.2) is 0 Å². The van der Waals surface area contributed by atoms with Crippen molar-refractivity contribution in [2.75, 3.05) is 23.3 Å². The number of pyridine rings is 1. The number of halogens is 1. The van der Waals surface area contributed by atoms with Crippen LogP contribution >= 0.6 is 15.9 Å². The van der Waals surface area contributed by atoms with Gasteiger partial charge in [-0.3, -0.25) is 4.79 Å². The van der Waals surface area contributed by atoms with E-state index in [0.29, 0.717) is 11.3 Å². The molecule has 6 heteroatoms. The molecule has 0 saturated carbocycles. The van der Waals surface area contributed by atoms with Gasteiger partial charge in [-0.05, 0) is 43.2 Å². The number of amides is 1. The average molecular weight is 385 g/mol. The molecule has 1 amide bonds. The van der Waals surface area contributed by atoms with Crippen molar-refractivity contribution in [3.8, 4) is 0 Å². The molecule has 3 heterocycles. The van der Waals surface area contributed by atoms with Crippen LogP contribution in [0.25, 0.3) is 10.9 Å². The number of aromatic nitrogens is 2. The van der Waals surface area contributed by atoms with Gasteiger partial charge in [0.25, 0.3) is 5.91 Å². The number of nitrogens with one attached hydrogen (secondary N) is 2. The van der Waals surface area contributed by atoms with Crippen molar-refractivity contribution in [3.05, 3.63) is 52.8 Å². The standard InChI is InChI=1S/C18H17BrN4O/c19-12-3-5-16-14(9-12)15(11-20-16)18(24)22-13-4-6-17(21-10-13)23-7-1-2-8-23/h3-6,9-11,20H,1-2,7-8H2,(H,22,24). The zero-order valence-corrected chi connectivity index (χ0v) is 14.6. The molecule has 4 rings (SSSR count). The lowest BCUT2D eigenvalue weighted by Crippen LogP contribution is -2.19. The first kappa shape index (κ1) is 15.2. The minimum absolute atomic E-state index is 0.143. The summed E-state index contributed by atoms with van der Waals surface area (Å²) < 4.78 is 0.945. The van der Waals surface area contributed by atoms with Gasteiger partial charge in [0, 0.05) is 34.7 Å². The fourth-order valence-corrected chi connectivity index (χ4v) is 3.43. The lowest BCUT2D eigenvalue weighted by molar-refractivity contribution is 0.102. The third kappa shape index (κ3) is 2.89. The van der Waals surface area contributed by atoms with Gasteiger partial charge in [-0.1, -0.05) is 15.9 Å². The van der Waals surface area contributed by atoms with Crippen LogP contribution in [0.15, 0.2) is 47.2 Å². The van der Waals surface area contributed by atoms with Crippen LogP contribution in [-0.2, 0) is 0 Å². The molecule has 0 radical (unpaired) electrons. The van der Waals surface area contributed by atoms with Crippen LogP contribution in [0.4, 0.5) is 11.5 Å². The third-order valence-electron chi connectivity index (χ3n) is 4.32. The molecule has 24 heavy (non-hydrogen) atoms. The van der Waals surface area contributed by atoms with Gasteiger partial charge in [0.05, 0.1) is 17.4 Å². The van der Waals surface area contributed by atoms with E-state index in [2.05, 4.69) is 36.1 Å². The average Bonchev–Trinajstić information content (AvgIpc) is 3.24. The molecule has 0 bridgehead atoms. The summed E-state index contributed by atoms with van der Waals surface area (Å²) in [6.07, 6.45) is 5.89. The van der Waals surface area contributed by atoms with Crippen LogP contribution in [0.3, 0.4) is 0 Å². The number of rotatable bonds is 3. The van der Waals surface area contributed by atoms with Crippen molar-refractivity contribution in [2.24, 2.45) is 0 Å². The monoisotopic (exact) mass is 384 g/mol. The molecule has 1 fully saturated rings. The molecule has 1 aliphatic heterocycles. The maximum atomic E-state index is 12.6. The molecule has 1 aromatic carbocycles. The lowest BCUT2D eigenvalue weighted by atomic mass is 10.1. The first-order valence-corrected chi connectivity index (χ1v) is 8.79. The first-order valence-electron chi connectivity index (χ1n) is 8.00. The Hall–Kier alpha value is -2.34. The molecule has 5 nitrogen and oxygen atoms in total. The normalized spacial score (nSPS) is 14.3. The zero-order chi connectivity index (χ0) is 16.5. The summed E-state index contributed by atoms with van der Waals surface area (Å²) in [5.41, 5.74) is 2.26.